The van der Waals surface area contributed by atoms with Crippen LogP contribution in [-0.2, 0) is 46.0 Å². The third-order valence-electron chi connectivity index (χ3n) is 6.58. The van der Waals surface area contributed by atoms with Crippen LogP contribution in [0, 0.1) is 0 Å². The molecule has 2 heterocycles. The van der Waals surface area contributed by atoms with Gasteiger partial charge in [-0.1, -0.05) is 35.3 Å². The molecule has 186 valence electrons. The van der Waals surface area contributed by atoms with Crippen molar-refractivity contribution in [2.24, 2.45) is 10.3 Å². The molecule has 2 aromatic rings. The molecular formula is C22H28Cl2N4O4S2. The molecule has 0 amide bonds. The average Bonchev–Trinajstić information content (AvgIpc) is 2.76. The van der Waals surface area contributed by atoms with Gasteiger partial charge in [-0.15, -0.1) is 0 Å². The molecule has 4 N–H and O–H groups in total. The van der Waals surface area contributed by atoms with Gasteiger partial charge in [0.05, 0.1) is 10.0 Å². The highest BCUT2D eigenvalue weighted by Crippen LogP contribution is 2.33. The average molecular weight is 548 g/mol. The van der Waals surface area contributed by atoms with Gasteiger partial charge in [-0.05, 0) is 73.2 Å². The Labute approximate surface area is 210 Å². The van der Waals surface area contributed by atoms with Crippen molar-refractivity contribution in [1.29, 1.82) is 0 Å². The van der Waals surface area contributed by atoms with Crippen molar-refractivity contribution in [3.8, 4) is 0 Å². The number of sulfonamides is 2. The largest absolute Gasteiger partial charge is 0.299 e. The van der Waals surface area contributed by atoms with Crippen LogP contribution in [0.2, 0.25) is 10.0 Å². The molecule has 0 saturated carbocycles. The Morgan fingerprint density at radius 3 is 1.44 bits per heavy atom. The van der Waals surface area contributed by atoms with Crippen LogP contribution in [0.25, 0.3) is 0 Å². The fourth-order valence-corrected chi connectivity index (χ4v) is 7.14. The fourth-order valence-electron chi connectivity index (χ4n) is 4.74. The smallest absolute Gasteiger partial charge is 0.239 e. The number of primary sulfonamides is 2. The lowest BCUT2D eigenvalue weighted by molar-refractivity contribution is 0.222. The van der Waals surface area contributed by atoms with Gasteiger partial charge < -0.3 is 0 Å². The highest BCUT2D eigenvalue weighted by molar-refractivity contribution is 7.89. The second-order valence-corrected chi connectivity index (χ2v) is 12.7. The lowest BCUT2D eigenvalue weighted by atomic mass is 9.99. The fraction of sp³-hybridized carbons (Fsp3) is 0.455. The van der Waals surface area contributed by atoms with Crippen LogP contribution in [-0.4, -0.2) is 52.8 Å². The predicted octanol–water partition coefficient (Wildman–Crippen LogP) is 2.48. The van der Waals surface area contributed by atoms with Crippen molar-refractivity contribution in [3.05, 3.63) is 56.6 Å². The van der Waals surface area contributed by atoms with Gasteiger partial charge in [0.15, 0.2) is 0 Å². The summed E-state index contributed by atoms with van der Waals surface area (Å²) in [4.78, 5) is 4.51. The second-order valence-electron chi connectivity index (χ2n) is 8.88. The Kier molecular flexibility index (Phi) is 7.62. The van der Waals surface area contributed by atoms with E-state index in [1.807, 2.05) is 0 Å². The summed E-state index contributed by atoms with van der Waals surface area (Å²) in [5.41, 5.74) is 3.81. The summed E-state index contributed by atoms with van der Waals surface area (Å²) in [5.74, 6) is 0. The second kappa shape index (κ2) is 10.0. The van der Waals surface area contributed by atoms with E-state index in [-0.39, 0.29) is 19.8 Å². The van der Waals surface area contributed by atoms with E-state index in [0.29, 0.717) is 13.1 Å². The number of halogens is 2. The van der Waals surface area contributed by atoms with Crippen molar-refractivity contribution >= 4 is 43.2 Å². The zero-order valence-electron chi connectivity index (χ0n) is 18.6. The molecule has 4 rings (SSSR count). The molecule has 34 heavy (non-hydrogen) atoms. The summed E-state index contributed by atoms with van der Waals surface area (Å²) in [6.07, 6.45) is 3.56. The molecule has 0 spiro atoms. The minimum absolute atomic E-state index is 0.0237. The zero-order chi connectivity index (χ0) is 24.7. The van der Waals surface area contributed by atoms with Gasteiger partial charge in [0, 0.05) is 26.2 Å². The minimum Gasteiger partial charge on any atom is -0.299 e. The van der Waals surface area contributed by atoms with E-state index in [1.54, 1.807) is 12.1 Å². The number of benzene rings is 2. The molecule has 2 aliphatic heterocycles. The van der Waals surface area contributed by atoms with Crippen molar-refractivity contribution in [1.82, 2.24) is 9.80 Å². The van der Waals surface area contributed by atoms with Gasteiger partial charge in [-0.3, -0.25) is 9.80 Å². The van der Waals surface area contributed by atoms with Gasteiger partial charge >= 0.3 is 0 Å². The third kappa shape index (κ3) is 5.60. The molecule has 0 fully saturated rings. The monoisotopic (exact) mass is 546 g/mol. The topological polar surface area (TPSA) is 127 Å². The SMILES string of the molecule is NS(=O)(=O)c1ccc2c(c1Cl)CN(CCCCN1CCc3ccc(S(N)(=O)=O)c(Cl)c3C1)CC2. The van der Waals surface area contributed by atoms with Gasteiger partial charge in [-0.2, -0.15) is 0 Å². The number of unbranched alkanes of at least 4 members (excludes halogenated alkanes) is 1. The Morgan fingerprint density at radius 2 is 1.09 bits per heavy atom. The van der Waals surface area contributed by atoms with Crippen LogP contribution in [0.1, 0.15) is 35.1 Å². The number of hydrogen-bond acceptors (Lipinski definition) is 6. The summed E-state index contributed by atoms with van der Waals surface area (Å²) < 4.78 is 47.1. The van der Waals surface area contributed by atoms with E-state index < -0.39 is 20.0 Å². The maximum atomic E-state index is 11.8. The summed E-state index contributed by atoms with van der Waals surface area (Å²) in [6, 6.07) is 6.58. The van der Waals surface area contributed by atoms with E-state index in [1.165, 1.54) is 12.1 Å². The quantitative estimate of drug-likeness (QED) is 0.513. The first-order valence-electron chi connectivity index (χ1n) is 11.1. The van der Waals surface area contributed by atoms with Crippen LogP contribution < -0.4 is 10.3 Å². The van der Waals surface area contributed by atoms with Crippen molar-refractivity contribution in [2.75, 3.05) is 26.2 Å². The normalized spacial score (nSPS) is 17.4. The summed E-state index contributed by atoms with van der Waals surface area (Å²) in [7, 11) is -7.72. The number of hydrogen-bond donors (Lipinski definition) is 2. The van der Waals surface area contributed by atoms with Gasteiger partial charge in [0.2, 0.25) is 20.0 Å². The lowest BCUT2D eigenvalue weighted by Gasteiger charge is -2.31. The molecule has 0 aliphatic carbocycles. The van der Waals surface area contributed by atoms with Crippen molar-refractivity contribution in [2.45, 2.75) is 48.6 Å². The van der Waals surface area contributed by atoms with E-state index in [2.05, 4.69) is 9.80 Å². The molecule has 0 saturated heterocycles. The van der Waals surface area contributed by atoms with Crippen LogP contribution >= 0.6 is 23.2 Å². The zero-order valence-corrected chi connectivity index (χ0v) is 21.8. The summed E-state index contributed by atoms with van der Waals surface area (Å²) in [6.45, 7) is 4.72. The van der Waals surface area contributed by atoms with Crippen LogP contribution in [0.15, 0.2) is 34.1 Å². The molecule has 2 aliphatic rings. The van der Waals surface area contributed by atoms with Gasteiger partial charge in [0.1, 0.15) is 9.79 Å². The Bertz CT molecular complexity index is 1220. The number of fused-ring (bicyclic) bond motifs is 2. The molecule has 0 bridgehead atoms. The minimum atomic E-state index is -3.86. The first-order valence-corrected chi connectivity index (χ1v) is 14.9. The molecule has 0 aromatic heterocycles. The number of nitrogens with zero attached hydrogens (tertiary/aromatic N) is 2. The van der Waals surface area contributed by atoms with E-state index in [0.717, 1.165) is 74.1 Å². The molecule has 2 aromatic carbocycles. The van der Waals surface area contributed by atoms with Crippen LogP contribution in [0.5, 0.6) is 0 Å². The molecule has 0 radical (unpaired) electrons. The molecule has 0 unspecified atom stereocenters. The van der Waals surface area contributed by atoms with Crippen LogP contribution in [0.3, 0.4) is 0 Å². The highest BCUT2D eigenvalue weighted by atomic mass is 35.5. The maximum absolute atomic E-state index is 11.8. The van der Waals surface area contributed by atoms with Crippen molar-refractivity contribution < 1.29 is 16.8 Å². The standard InChI is InChI=1S/C22H28Cl2N4O4S2/c23-21-17-13-27(11-7-15(17)3-5-19(21)33(25,29)30)9-1-2-10-28-12-8-16-4-6-20(34(26,31)32)22(24)18(16)14-28/h3-6H,1-2,7-14H2,(H2,25,29,30)(H2,26,31,32). The summed E-state index contributed by atoms with van der Waals surface area (Å²) >= 11 is 12.8. The first-order chi connectivity index (χ1) is 15.9. The lowest BCUT2D eigenvalue weighted by Crippen LogP contribution is -2.34. The van der Waals surface area contributed by atoms with E-state index in [4.69, 9.17) is 33.5 Å². The Morgan fingerprint density at radius 1 is 0.706 bits per heavy atom. The molecular weight excluding hydrogens is 519 g/mol. The van der Waals surface area contributed by atoms with Gasteiger partial charge in [0.25, 0.3) is 0 Å². The van der Waals surface area contributed by atoms with E-state index >= 15 is 0 Å². The number of rotatable bonds is 7. The van der Waals surface area contributed by atoms with Crippen LogP contribution in [0.4, 0.5) is 0 Å². The van der Waals surface area contributed by atoms with Crippen molar-refractivity contribution in [3.63, 3.8) is 0 Å². The van der Waals surface area contributed by atoms with E-state index in [9.17, 15) is 16.8 Å². The maximum Gasteiger partial charge on any atom is 0.239 e. The molecule has 0 atom stereocenters. The number of nitrogens with two attached hydrogens (primary N) is 2. The molecule has 12 heteroatoms. The highest BCUT2D eigenvalue weighted by Gasteiger charge is 2.25. The van der Waals surface area contributed by atoms with Gasteiger partial charge in [-0.25, -0.2) is 27.1 Å². The Hall–Kier alpha value is -1.24. The molecule has 8 nitrogen and oxygen atoms in total. The first kappa shape index (κ1) is 25.8. The predicted molar refractivity (Wildman–Crippen MR) is 133 cm³/mol. The Balaban J connectivity index is 1.32. The third-order valence-corrected chi connectivity index (χ3v) is 9.57. The summed E-state index contributed by atoms with van der Waals surface area (Å²) in [5, 5.41) is 11.0.